The lowest BCUT2D eigenvalue weighted by atomic mass is 9.93. The number of sulfonamides is 1. The Kier molecular flexibility index (Phi) is 4.36. The summed E-state index contributed by atoms with van der Waals surface area (Å²) in [6.07, 6.45) is 0. The molecule has 25 heavy (non-hydrogen) atoms. The summed E-state index contributed by atoms with van der Waals surface area (Å²) in [5, 5.41) is 0.0876. The smallest absolute Gasteiger partial charge is 0.256 e. The second-order valence-corrected chi connectivity index (χ2v) is 7.87. The predicted molar refractivity (Wildman–Crippen MR) is 94.0 cm³/mol. The van der Waals surface area contributed by atoms with Crippen LogP contribution >= 0.6 is 11.6 Å². The van der Waals surface area contributed by atoms with Crippen LogP contribution in [-0.4, -0.2) is 40.4 Å². The van der Waals surface area contributed by atoms with Gasteiger partial charge in [0.25, 0.3) is 5.91 Å². The van der Waals surface area contributed by atoms with Crippen LogP contribution in [-0.2, 0) is 20.5 Å². The summed E-state index contributed by atoms with van der Waals surface area (Å²) in [5.74, 6) is -0.203. The highest BCUT2D eigenvalue weighted by molar-refractivity contribution is 7.89. The molecule has 2 aromatic rings. The molecule has 0 fully saturated rings. The van der Waals surface area contributed by atoms with Crippen molar-refractivity contribution in [1.82, 2.24) is 9.62 Å². The summed E-state index contributed by atoms with van der Waals surface area (Å²) in [4.78, 5) is 14.0. The lowest BCUT2D eigenvalue weighted by Crippen LogP contribution is -2.43. The number of nitrogens with one attached hydrogen (secondary N) is 1. The summed E-state index contributed by atoms with van der Waals surface area (Å²) < 4.78 is 32.5. The van der Waals surface area contributed by atoms with Gasteiger partial charge in [-0.2, -0.15) is 0 Å². The van der Waals surface area contributed by atoms with Crippen LogP contribution in [0.15, 0.2) is 47.4 Å². The van der Waals surface area contributed by atoms with Crippen LogP contribution in [0.1, 0.15) is 21.5 Å². The SMILES string of the molecule is CNS(=O)(=O)c1cc(C2(OC)c3ccccc3C(=O)N2C)ccc1Cl. The number of nitrogens with zero attached hydrogens (tertiary/aromatic N) is 1. The number of ether oxygens (including phenoxy) is 1. The van der Waals surface area contributed by atoms with Gasteiger partial charge in [-0.25, -0.2) is 13.1 Å². The van der Waals surface area contributed by atoms with E-state index in [0.717, 1.165) is 0 Å². The largest absolute Gasteiger partial charge is 0.350 e. The average molecular weight is 381 g/mol. The summed E-state index contributed by atoms with van der Waals surface area (Å²) in [6.45, 7) is 0. The first-order chi connectivity index (χ1) is 11.8. The predicted octanol–water partition coefficient (Wildman–Crippen LogP) is 2.18. The molecular weight excluding hydrogens is 364 g/mol. The number of benzene rings is 2. The molecule has 0 bridgehead atoms. The number of amides is 1. The Bertz CT molecular complexity index is 961. The highest BCUT2D eigenvalue weighted by Crippen LogP contribution is 2.44. The minimum absolute atomic E-state index is 0.0733. The van der Waals surface area contributed by atoms with E-state index in [1.807, 2.05) is 0 Å². The van der Waals surface area contributed by atoms with Gasteiger partial charge in [-0.05, 0) is 25.2 Å². The summed E-state index contributed by atoms with van der Waals surface area (Å²) in [5.41, 5.74) is 0.435. The highest BCUT2D eigenvalue weighted by Gasteiger charge is 2.50. The molecule has 6 nitrogen and oxygen atoms in total. The van der Waals surface area contributed by atoms with Gasteiger partial charge in [0.05, 0.1) is 5.02 Å². The van der Waals surface area contributed by atoms with E-state index in [1.165, 1.54) is 31.2 Å². The van der Waals surface area contributed by atoms with Crippen LogP contribution in [0.5, 0.6) is 0 Å². The van der Waals surface area contributed by atoms with Crippen LogP contribution in [0.2, 0.25) is 5.02 Å². The number of hydrogen-bond acceptors (Lipinski definition) is 4. The Morgan fingerprint density at radius 3 is 2.52 bits per heavy atom. The van der Waals surface area contributed by atoms with Crippen molar-refractivity contribution in [2.45, 2.75) is 10.6 Å². The molecule has 1 atom stereocenters. The zero-order chi connectivity index (χ0) is 18.4. The minimum atomic E-state index is -3.77. The van der Waals surface area contributed by atoms with Crippen molar-refractivity contribution in [3.05, 3.63) is 64.2 Å². The molecule has 0 spiro atoms. The molecule has 1 heterocycles. The summed E-state index contributed by atoms with van der Waals surface area (Å²) in [7, 11) is 0.642. The molecule has 0 radical (unpaired) electrons. The van der Waals surface area contributed by atoms with Crippen molar-refractivity contribution in [1.29, 1.82) is 0 Å². The molecule has 3 rings (SSSR count). The number of methoxy groups -OCH3 is 1. The minimum Gasteiger partial charge on any atom is -0.350 e. The standard InChI is InChI=1S/C17H17ClN2O4S/c1-19-25(22,23)15-10-11(8-9-14(15)18)17(24-3)13-7-5-4-6-12(13)16(21)20(17)2/h4-10,19H,1-3H3. The lowest BCUT2D eigenvalue weighted by Gasteiger charge is -2.36. The van der Waals surface area contributed by atoms with Crippen molar-refractivity contribution in [2.24, 2.45) is 0 Å². The first kappa shape index (κ1) is 17.9. The monoisotopic (exact) mass is 380 g/mol. The lowest BCUT2D eigenvalue weighted by molar-refractivity contribution is -0.0717. The normalized spacial score (nSPS) is 20.0. The first-order valence-electron chi connectivity index (χ1n) is 7.46. The van der Waals surface area contributed by atoms with Crippen LogP contribution < -0.4 is 4.72 Å². The van der Waals surface area contributed by atoms with E-state index in [9.17, 15) is 13.2 Å². The van der Waals surface area contributed by atoms with Gasteiger partial charge in [0.15, 0.2) is 5.72 Å². The quantitative estimate of drug-likeness (QED) is 0.882. The van der Waals surface area contributed by atoms with Gasteiger partial charge < -0.3 is 9.64 Å². The molecule has 1 aliphatic rings. The van der Waals surface area contributed by atoms with Gasteiger partial charge in [-0.3, -0.25) is 4.79 Å². The fourth-order valence-corrected chi connectivity index (χ4v) is 4.46. The van der Waals surface area contributed by atoms with Crippen molar-refractivity contribution in [3.63, 3.8) is 0 Å². The van der Waals surface area contributed by atoms with Crippen LogP contribution in [0.3, 0.4) is 0 Å². The molecule has 0 aliphatic carbocycles. The number of fused-ring (bicyclic) bond motifs is 1. The summed E-state index contributed by atoms with van der Waals surface area (Å²) >= 11 is 6.08. The average Bonchev–Trinajstić information content (AvgIpc) is 2.84. The Morgan fingerprint density at radius 1 is 1.20 bits per heavy atom. The third kappa shape index (κ3) is 2.46. The van der Waals surface area contributed by atoms with Crippen LogP contribution in [0.4, 0.5) is 0 Å². The number of rotatable bonds is 4. The van der Waals surface area contributed by atoms with E-state index in [2.05, 4.69) is 4.72 Å². The van der Waals surface area contributed by atoms with Gasteiger partial charge in [-0.1, -0.05) is 35.9 Å². The molecule has 8 heteroatoms. The highest BCUT2D eigenvalue weighted by atomic mass is 35.5. The summed E-state index contributed by atoms with van der Waals surface area (Å²) in [6, 6.07) is 11.7. The number of halogens is 1. The van der Waals surface area contributed by atoms with E-state index in [4.69, 9.17) is 16.3 Å². The first-order valence-corrected chi connectivity index (χ1v) is 9.32. The molecule has 1 amide bonds. The Labute approximate surface area is 151 Å². The van der Waals surface area contributed by atoms with E-state index >= 15 is 0 Å². The van der Waals surface area contributed by atoms with E-state index < -0.39 is 15.7 Å². The maximum atomic E-state index is 12.6. The number of carbonyl (C=O) groups is 1. The van der Waals surface area contributed by atoms with Crippen LogP contribution in [0.25, 0.3) is 0 Å². The molecule has 0 aromatic heterocycles. The number of hydrogen-bond donors (Lipinski definition) is 1. The maximum Gasteiger partial charge on any atom is 0.256 e. The molecular formula is C17H17ClN2O4S. The Morgan fingerprint density at radius 2 is 1.88 bits per heavy atom. The van der Waals surface area contributed by atoms with Gasteiger partial charge >= 0.3 is 0 Å². The third-order valence-corrected chi connectivity index (χ3v) is 6.37. The Balaban J connectivity index is 2.31. The van der Waals surface area contributed by atoms with Crippen molar-refractivity contribution < 1.29 is 17.9 Å². The topological polar surface area (TPSA) is 75.7 Å². The fourth-order valence-electron chi connectivity index (χ4n) is 3.21. The van der Waals surface area contributed by atoms with Crippen molar-refractivity contribution in [2.75, 3.05) is 21.2 Å². The zero-order valence-electron chi connectivity index (χ0n) is 13.9. The number of carbonyl (C=O) groups excluding carboxylic acids is 1. The molecule has 1 aliphatic heterocycles. The Hall–Kier alpha value is -1.93. The molecule has 2 aromatic carbocycles. The van der Waals surface area contributed by atoms with E-state index in [0.29, 0.717) is 16.7 Å². The van der Waals surface area contributed by atoms with Gasteiger partial charge in [-0.15, -0.1) is 0 Å². The molecule has 0 saturated carbocycles. The molecule has 1 N–H and O–H groups in total. The van der Waals surface area contributed by atoms with Gasteiger partial charge in [0, 0.05) is 30.8 Å². The van der Waals surface area contributed by atoms with E-state index in [1.54, 1.807) is 37.4 Å². The molecule has 0 saturated heterocycles. The fraction of sp³-hybridized carbons (Fsp3) is 0.235. The maximum absolute atomic E-state index is 12.6. The van der Waals surface area contributed by atoms with E-state index in [-0.39, 0.29) is 15.8 Å². The third-order valence-electron chi connectivity index (χ3n) is 4.48. The second kappa shape index (κ2) is 6.10. The second-order valence-electron chi connectivity index (χ2n) is 5.61. The van der Waals surface area contributed by atoms with Crippen molar-refractivity contribution >= 4 is 27.5 Å². The van der Waals surface area contributed by atoms with Crippen molar-refractivity contribution in [3.8, 4) is 0 Å². The zero-order valence-corrected chi connectivity index (χ0v) is 15.5. The van der Waals surface area contributed by atoms with Gasteiger partial charge in [0.1, 0.15) is 4.90 Å². The molecule has 1 unspecified atom stereocenters. The van der Waals surface area contributed by atoms with Crippen LogP contribution in [0, 0.1) is 0 Å². The molecule has 132 valence electrons. The van der Waals surface area contributed by atoms with Gasteiger partial charge in [0.2, 0.25) is 10.0 Å².